The van der Waals surface area contributed by atoms with Crippen molar-refractivity contribution in [1.29, 1.82) is 5.26 Å². The molecule has 0 saturated carbocycles. The summed E-state index contributed by atoms with van der Waals surface area (Å²) in [5.41, 5.74) is -1.70. The van der Waals surface area contributed by atoms with E-state index < -0.39 is 11.8 Å². The minimum atomic E-state index is -4.50. The van der Waals surface area contributed by atoms with Gasteiger partial charge in [0.05, 0.1) is 12.5 Å². The first-order chi connectivity index (χ1) is 7.49. The van der Waals surface area contributed by atoms with Crippen LogP contribution in [0.4, 0.5) is 13.2 Å². The first-order valence-corrected chi connectivity index (χ1v) is 4.47. The van der Waals surface area contributed by atoms with E-state index in [0.717, 1.165) is 0 Å². The summed E-state index contributed by atoms with van der Waals surface area (Å²) < 4.78 is 37.8. The van der Waals surface area contributed by atoms with Crippen molar-refractivity contribution in [2.75, 3.05) is 0 Å². The Balaban J connectivity index is 2.27. The van der Waals surface area contributed by atoms with E-state index >= 15 is 0 Å². The van der Waals surface area contributed by atoms with Crippen molar-refractivity contribution in [3.8, 4) is 6.07 Å². The second-order valence-electron chi connectivity index (χ2n) is 3.40. The molecule has 3 nitrogen and oxygen atoms in total. The summed E-state index contributed by atoms with van der Waals surface area (Å²) in [7, 11) is 0. The van der Waals surface area contributed by atoms with E-state index in [1.54, 1.807) is 0 Å². The van der Waals surface area contributed by atoms with Gasteiger partial charge in [-0.2, -0.15) is 18.4 Å². The number of benzene rings is 1. The van der Waals surface area contributed by atoms with E-state index in [1.807, 2.05) is 6.07 Å². The SMILES string of the molecule is N#CCc1ccc(C2(C(F)(F)F)N=N2)cc1. The van der Waals surface area contributed by atoms with E-state index in [1.165, 1.54) is 24.3 Å². The topological polar surface area (TPSA) is 48.5 Å². The Morgan fingerprint density at radius 3 is 2.12 bits per heavy atom. The summed E-state index contributed by atoms with van der Waals surface area (Å²) in [6.07, 6.45) is -4.32. The zero-order chi connectivity index (χ0) is 11.8. The second-order valence-corrected chi connectivity index (χ2v) is 3.40. The van der Waals surface area contributed by atoms with Gasteiger partial charge in [-0.25, -0.2) is 0 Å². The van der Waals surface area contributed by atoms with Crippen molar-refractivity contribution in [2.24, 2.45) is 10.2 Å². The van der Waals surface area contributed by atoms with Crippen LogP contribution >= 0.6 is 0 Å². The van der Waals surface area contributed by atoms with E-state index in [9.17, 15) is 13.2 Å². The lowest BCUT2D eigenvalue weighted by molar-refractivity contribution is -0.166. The molecule has 0 spiro atoms. The molecule has 0 saturated heterocycles. The Hall–Kier alpha value is -1.90. The fourth-order valence-electron chi connectivity index (χ4n) is 1.39. The summed E-state index contributed by atoms with van der Waals surface area (Å²) in [5, 5.41) is 14.6. The van der Waals surface area contributed by atoms with Gasteiger partial charge in [-0.3, -0.25) is 0 Å². The number of nitriles is 1. The van der Waals surface area contributed by atoms with Crippen molar-refractivity contribution in [1.82, 2.24) is 0 Å². The summed E-state index contributed by atoms with van der Waals surface area (Å²) in [6, 6.07) is 7.49. The molecule has 0 unspecified atom stereocenters. The number of hydrogen-bond acceptors (Lipinski definition) is 3. The van der Waals surface area contributed by atoms with Gasteiger partial charge >= 0.3 is 11.8 Å². The van der Waals surface area contributed by atoms with Gasteiger partial charge in [0.2, 0.25) is 0 Å². The highest BCUT2D eigenvalue weighted by Crippen LogP contribution is 2.52. The van der Waals surface area contributed by atoms with Gasteiger partial charge in [0, 0.05) is 5.56 Å². The monoisotopic (exact) mass is 225 g/mol. The summed E-state index contributed by atoms with van der Waals surface area (Å²) in [6.45, 7) is 0. The van der Waals surface area contributed by atoms with Gasteiger partial charge < -0.3 is 0 Å². The van der Waals surface area contributed by atoms with Crippen LogP contribution in [0.25, 0.3) is 0 Å². The largest absolute Gasteiger partial charge is 0.442 e. The Morgan fingerprint density at radius 1 is 1.19 bits per heavy atom. The lowest BCUT2D eigenvalue weighted by Crippen LogP contribution is -2.30. The average molecular weight is 225 g/mol. The Bertz CT molecular complexity index is 462. The highest BCUT2D eigenvalue weighted by molar-refractivity contribution is 5.33. The van der Waals surface area contributed by atoms with Crippen LogP contribution in [0.1, 0.15) is 11.1 Å². The Kier molecular flexibility index (Phi) is 2.19. The van der Waals surface area contributed by atoms with E-state index in [2.05, 4.69) is 10.2 Å². The van der Waals surface area contributed by atoms with Gasteiger partial charge in [-0.05, 0) is 5.56 Å². The van der Waals surface area contributed by atoms with Crippen molar-refractivity contribution in [3.05, 3.63) is 35.4 Å². The van der Waals surface area contributed by atoms with Crippen LogP contribution in [0.3, 0.4) is 0 Å². The molecule has 0 bridgehead atoms. The summed E-state index contributed by atoms with van der Waals surface area (Å²) in [5.74, 6) is 0. The quantitative estimate of drug-likeness (QED) is 0.763. The second kappa shape index (κ2) is 3.30. The first-order valence-electron chi connectivity index (χ1n) is 4.47. The standard InChI is InChI=1S/C10H6F3N3/c11-10(12,13)9(15-16-9)8-3-1-7(2-4-8)5-6-14/h1-4H,5H2. The third-order valence-corrected chi connectivity index (χ3v) is 2.33. The van der Waals surface area contributed by atoms with Gasteiger partial charge in [0.15, 0.2) is 0 Å². The number of rotatable bonds is 2. The van der Waals surface area contributed by atoms with Gasteiger partial charge in [0.25, 0.3) is 0 Å². The van der Waals surface area contributed by atoms with Crippen LogP contribution in [0.15, 0.2) is 34.5 Å². The van der Waals surface area contributed by atoms with Gasteiger partial charge in [-0.1, -0.05) is 24.3 Å². The van der Waals surface area contributed by atoms with Crippen LogP contribution in [-0.4, -0.2) is 6.18 Å². The Labute approximate surface area is 89.2 Å². The molecular formula is C10H6F3N3. The van der Waals surface area contributed by atoms with Crippen LogP contribution < -0.4 is 0 Å². The Morgan fingerprint density at radius 2 is 1.75 bits per heavy atom. The summed E-state index contributed by atoms with van der Waals surface area (Å²) >= 11 is 0. The molecule has 2 rings (SSSR count). The highest BCUT2D eigenvalue weighted by Gasteiger charge is 2.65. The van der Waals surface area contributed by atoms with Crippen LogP contribution in [0, 0.1) is 11.3 Å². The molecule has 16 heavy (non-hydrogen) atoms. The third-order valence-electron chi connectivity index (χ3n) is 2.33. The fraction of sp³-hybridized carbons (Fsp3) is 0.300. The molecule has 1 aromatic carbocycles. The maximum atomic E-state index is 12.6. The molecular weight excluding hydrogens is 219 g/mol. The molecule has 0 amide bonds. The molecule has 82 valence electrons. The molecule has 0 aliphatic carbocycles. The lowest BCUT2D eigenvalue weighted by atomic mass is 10.0. The molecule has 6 heteroatoms. The predicted octanol–water partition coefficient (Wildman–Crippen LogP) is 2.93. The molecule has 0 atom stereocenters. The molecule has 0 aromatic heterocycles. The molecule has 1 aromatic rings. The number of nitrogens with zero attached hydrogens (tertiary/aromatic N) is 3. The summed E-state index contributed by atoms with van der Waals surface area (Å²) in [4.78, 5) is 0. The average Bonchev–Trinajstić information content (AvgIpc) is 2.99. The maximum Gasteiger partial charge on any atom is 0.442 e. The number of alkyl halides is 3. The van der Waals surface area contributed by atoms with Crippen LogP contribution in [-0.2, 0) is 12.1 Å². The maximum absolute atomic E-state index is 12.6. The minimum Gasteiger partial charge on any atom is -0.198 e. The highest BCUT2D eigenvalue weighted by atomic mass is 19.4. The molecule has 1 aliphatic rings. The van der Waals surface area contributed by atoms with Crippen molar-refractivity contribution in [2.45, 2.75) is 18.3 Å². The molecule has 0 N–H and O–H groups in total. The number of hydrogen-bond donors (Lipinski definition) is 0. The third kappa shape index (κ3) is 1.54. The molecule has 1 aliphatic heterocycles. The fourth-order valence-corrected chi connectivity index (χ4v) is 1.39. The predicted molar refractivity (Wildman–Crippen MR) is 48.3 cm³/mol. The molecule has 0 radical (unpaired) electrons. The van der Waals surface area contributed by atoms with Crippen molar-refractivity contribution >= 4 is 0 Å². The molecule has 0 fully saturated rings. The lowest BCUT2D eigenvalue weighted by Gasteiger charge is -2.14. The zero-order valence-corrected chi connectivity index (χ0v) is 7.99. The van der Waals surface area contributed by atoms with Crippen LogP contribution in [0.5, 0.6) is 0 Å². The van der Waals surface area contributed by atoms with Gasteiger partial charge in [0.1, 0.15) is 0 Å². The minimum absolute atomic E-state index is 0.0123. The normalized spacial score (nSPS) is 16.9. The van der Waals surface area contributed by atoms with E-state index in [4.69, 9.17) is 5.26 Å². The first kappa shape index (κ1) is 10.6. The van der Waals surface area contributed by atoms with Gasteiger partial charge in [-0.15, -0.1) is 10.2 Å². The zero-order valence-electron chi connectivity index (χ0n) is 7.99. The van der Waals surface area contributed by atoms with Crippen molar-refractivity contribution in [3.63, 3.8) is 0 Å². The van der Waals surface area contributed by atoms with Crippen molar-refractivity contribution < 1.29 is 13.2 Å². The molecule has 1 heterocycles. The van der Waals surface area contributed by atoms with E-state index in [0.29, 0.717) is 5.56 Å². The smallest absolute Gasteiger partial charge is 0.198 e. The van der Waals surface area contributed by atoms with E-state index in [-0.39, 0.29) is 12.0 Å². The van der Waals surface area contributed by atoms with Crippen LogP contribution in [0.2, 0.25) is 0 Å². The number of halogens is 3.